The number of hydrogen-bond acceptors (Lipinski definition) is 3. The van der Waals surface area contributed by atoms with Gasteiger partial charge in [-0.05, 0) is 47.8 Å². The molecule has 4 unspecified atom stereocenters. The van der Waals surface area contributed by atoms with Gasteiger partial charge < -0.3 is 14.6 Å². The van der Waals surface area contributed by atoms with E-state index in [1.807, 2.05) is 12.1 Å². The van der Waals surface area contributed by atoms with Crippen LogP contribution in [0.1, 0.15) is 24.3 Å². The molecule has 104 valence electrons. The first-order chi connectivity index (χ1) is 9.72. The van der Waals surface area contributed by atoms with Crippen LogP contribution in [0, 0.1) is 17.8 Å². The summed E-state index contributed by atoms with van der Waals surface area (Å²) < 4.78 is 10.8. The molecule has 2 bridgehead atoms. The van der Waals surface area contributed by atoms with Gasteiger partial charge in [0.05, 0.1) is 0 Å². The van der Waals surface area contributed by atoms with E-state index >= 15 is 0 Å². The van der Waals surface area contributed by atoms with Crippen LogP contribution in [-0.2, 0) is 4.79 Å². The van der Waals surface area contributed by atoms with E-state index in [-0.39, 0.29) is 25.0 Å². The third-order valence-corrected chi connectivity index (χ3v) is 4.81. The third-order valence-electron chi connectivity index (χ3n) is 4.81. The molecule has 0 spiro atoms. The van der Waals surface area contributed by atoms with Crippen LogP contribution >= 0.6 is 0 Å². The number of ether oxygens (including phenoxy) is 2. The van der Waals surface area contributed by atoms with Gasteiger partial charge in [0.25, 0.3) is 0 Å². The van der Waals surface area contributed by atoms with Gasteiger partial charge in [-0.3, -0.25) is 4.79 Å². The summed E-state index contributed by atoms with van der Waals surface area (Å²) in [4.78, 5) is 11.1. The first-order valence-corrected chi connectivity index (χ1v) is 7.02. The molecule has 1 aromatic rings. The van der Waals surface area contributed by atoms with Crippen LogP contribution < -0.4 is 9.47 Å². The molecule has 1 saturated carbocycles. The SMILES string of the molecule is O=C(O)CC1C2C=CC(C2)C1c1ccc2c(c1)OCO2. The Kier molecular flexibility index (Phi) is 2.52. The topological polar surface area (TPSA) is 55.8 Å². The van der Waals surface area contributed by atoms with E-state index in [1.165, 1.54) is 5.56 Å². The first kappa shape index (κ1) is 11.8. The Labute approximate surface area is 117 Å². The smallest absolute Gasteiger partial charge is 0.303 e. The molecule has 1 heterocycles. The van der Waals surface area contributed by atoms with Crippen molar-refractivity contribution in [1.29, 1.82) is 0 Å². The largest absolute Gasteiger partial charge is 0.481 e. The van der Waals surface area contributed by atoms with Crippen molar-refractivity contribution in [1.82, 2.24) is 0 Å². The number of fused-ring (bicyclic) bond motifs is 3. The average Bonchev–Trinajstić information content (AvgIpc) is 3.12. The van der Waals surface area contributed by atoms with Gasteiger partial charge in [-0.1, -0.05) is 18.2 Å². The molecule has 1 fully saturated rings. The summed E-state index contributed by atoms with van der Waals surface area (Å²) in [6.45, 7) is 0.272. The average molecular weight is 272 g/mol. The van der Waals surface area contributed by atoms with E-state index in [0.717, 1.165) is 17.9 Å². The van der Waals surface area contributed by atoms with Gasteiger partial charge in [0.2, 0.25) is 6.79 Å². The second-order valence-electron chi connectivity index (χ2n) is 5.85. The quantitative estimate of drug-likeness (QED) is 0.860. The van der Waals surface area contributed by atoms with Crippen molar-refractivity contribution in [3.8, 4) is 11.5 Å². The number of allylic oxidation sites excluding steroid dienone is 2. The molecule has 2 aliphatic carbocycles. The fourth-order valence-electron chi connectivity index (χ4n) is 4.02. The molecule has 3 aliphatic rings. The Hall–Kier alpha value is -1.97. The molecule has 0 radical (unpaired) electrons. The van der Waals surface area contributed by atoms with E-state index < -0.39 is 5.97 Å². The lowest BCUT2D eigenvalue weighted by Gasteiger charge is -2.27. The summed E-state index contributed by atoms with van der Waals surface area (Å²) in [5.74, 6) is 2.21. The highest BCUT2D eigenvalue weighted by molar-refractivity contribution is 5.67. The van der Waals surface area contributed by atoms with Crippen LogP contribution in [0.2, 0.25) is 0 Å². The maximum Gasteiger partial charge on any atom is 0.303 e. The maximum atomic E-state index is 11.1. The number of benzene rings is 1. The number of hydrogen-bond donors (Lipinski definition) is 1. The van der Waals surface area contributed by atoms with Gasteiger partial charge in [-0.2, -0.15) is 0 Å². The lowest BCUT2D eigenvalue weighted by molar-refractivity contribution is -0.138. The van der Waals surface area contributed by atoms with Crippen LogP contribution in [0.5, 0.6) is 11.5 Å². The highest BCUT2D eigenvalue weighted by atomic mass is 16.7. The van der Waals surface area contributed by atoms with E-state index in [0.29, 0.717) is 11.8 Å². The zero-order valence-corrected chi connectivity index (χ0v) is 11.0. The summed E-state index contributed by atoms with van der Waals surface area (Å²) in [7, 11) is 0. The highest BCUT2D eigenvalue weighted by Crippen LogP contribution is 2.55. The van der Waals surface area contributed by atoms with E-state index in [2.05, 4.69) is 18.2 Å². The van der Waals surface area contributed by atoms with Crippen molar-refractivity contribution in [2.24, 2.45) is 17.8 Å². The predicted molar refractivity (Wildman–Crippen MR) is 71.8 cm³/mol. The normalized spacial score (nSPS) is 32.8. The molecule has 0 saturated heterocycles. The summed E-state index contributed by atoms with van der Waals surface area (Å²) in [5, 5.41) is 9.15. The van der Waals surface area contributed by atoms with Gasteiger partial charge in [0, 0.05) is 6.42 Å². The van der Waals surface area contributed by atoms with Crippen LogP contribution in [0.15, 0.2) is 30.4 Å². The van der Waals surface area contributed by atoms with Crippen molar-refractivity contribution >= 4 is 5.97 Å². The number of carboxylic acid groups (broad SMARTS) is 1. The molecule has 4 heteroatoms. The van der Waals surface area contributed by atoms with Gasteiger partial charge in [-0.25, -0.2) is 0 Å². The minimum Gasteiger partial charge on any atom is -0.481 e. The number of aliphatic carboxylic acids is 1. The second kappa shape index (κ2) is 4.27. The Morgan fingerprint density at radius 1 is 1.20 bits per heavy atom. The van der Waals surface area contributed by atoms with E-state index in [4.69, 9.17) is 14.6 Å². The molecular formula is C16H16O4. The molecule has 1 aromatic carbocycles. The van der Waals surface area contributed by atoms with Gasteiger partial charge >= 0.3 is 5.97 Å². The molecule has 20 heavy (non-hydrogen) atoms. The Morgan fingerprint density at radius 3 is 2.85 bits per heavy atom. The third kappa shape index (κ3) is 1.71. The van der Waals surface area contributed by atoms with Crippen LogP contribution in [0.3, 0.4) is 0 Å². The van der Waals surface area contributed by atoms with Gasteiger partial charge in [0.1, 0.15) is 0 Å². The number of carbonyl (C=O) groups is 1. The minimum absolute atomic E-state index is 0.197. The fourth-order valence-corrected chi connectivity index (χ4v) is 4.02. The first-order valence-electron chi connectivity index (χ1n) is 7.02. The van der Waals surface area contributed by atoms with Crippen LogP contribution in [0.4, 0.5) is 0 Å². The molecule has 0 amide bonds. The lowest BCUT2D eigenvalue weighted by atomic mass is 9.77. The number of rotatable bonds is 3. The highest BCUT2D eigenvalue weighted by Gasteiger charge is 2.46. The molecule has 4 rings (SSSR count). The van der Waals surface area contributed by atoms with Crippen molar-refractivity contribution in [3.63, 3.8) is 0 Å². The van der Waals surface area contributed by atoms with Gasteiger partial charge in [-0.15, -0.1) is 0 Å². The number of carboxylic acids is 1. The van der Waals surface area contributed by atoms with E-state index in [1.54, 1.807) is 0 Å². The molecule has 0 aromatic heterocycles. The summed E-state index contributed by atoms with van der Waals surface area (Å²) >= 11 is 0. The predicted octanol–water partition coefficient (Wildman–Crippen LogP) is 2.80. The zero-order chi connectivity index (χ0) is 13.7. The van der Waals surface area contributed by atoms with Gasteiger partial charge in [0.15, 0.2) is 11.5 Å². The fraction of sp³-hybridized carbons (Fsp3) is 0.438. The van der Waals surface area contributed by atoms with Crippen molar-refractivity contribution in [2.45, 2.75) is 18.8 Å². The molecule has 4 atom stereocenters. The summed E-state index contributed by atoms with van der Waals surface area (Å²) in [6, 6.07) is 6.02. The lowest BCUT2D eigenvalue weighted by Crippen LogP contribution is -2.21. The molecule has 4 nitrogen and oxygen atoms in total. The minimum atomic E-state index is -0.707. The van der Waals surface area contributed by atoms with Crippen molar-refractivity contribution < 1.29 is 19.4 Å². The molecular weight excluding hydrogens is 256 g/mol. The van der Waals surface area contributed by atoms with Crippen LogP contribution in [0.25, 0.3) is 0 Å². The Balaban J connectivity index is 1.69. The summed E-state index contributed by atoms with van der Waals surface area (Å²) in [6.07, 6.45) is 5.77. The summed E-state index contributed by atoms with van der Waals surface area (Å²) in [5.41, 5.74) is 1.18. The second-order valence-corrected chi connectivity index (χ2v) is 5.85. The zero-order valence-electron chi connectivity index (χ0n) is 11.0. The monoisotopic (exact) mass is 272 g/mol. The van der Waals surface area contributed by atoms with Crippen LogP contribution in [-0.4, -0.2) is 17.9 Å². The van der Waals surface area contributed by atoms with Crippen molar-refractivity contribution in [2.75, 3.05) is 6.79 Å². The molecule has 1 aliphatic heterocycles. The maximum absolute atomic E-state index is 11.1. The van der Waals surface area contributed by atoms with E-state index in [9.17, 15) is 4.79 Å². The Bertz CT molecular complexity index is 592. The molecule has 1 N–H and O–H groups in total. The Morgan fingerprint density at radius 2 is 2.00 bits per heavy atom. The van der Waals surface area contributed by atoms with Crippen molar-refractivity contribution in [3.05, 3.63) is 35.9 Å². The standard InChI is InChI=1S/C16H16O4/c17-15(18)7-12-9-1-2-10(5-9)16(12)11-3-4-13-14(6-11)20-8-19-13/h1-4,6,9-10,12,16H,5,7-8H2,(H,17,18).